The van der Waals surface area contributed by atoms with Crippen LogP contribution < -0.4 is 4.74 Å². The molecule has 1 aromatic carbocycles. The Bertz CT molecular complexity index is 843. The van der Waals surface area contributed by atoms with E-state index in [2.05, 4.69) is 4.99 Å². The van der Waals surface area contributed by atoms with Crippen molar-refractivity contribution in [3.63, 3.8) is 0 Å². The van der Waals surface area contributed by atoms with Gasteiger partial charge in [0, 0.05) is 29.3 Å². The predicted octanol–water partition coefficient (Wildman–Crippen LogP) is 3.41. The summed E-state index contributed by atoms with van der Waals surface area (Å²) in [5, 5.41) is 10.1. The number of nitrogens with zero attached hydrogens (tertiary/aromatic N) is 1. The maximum Gasteiger partial charge on any atom is 0.315 e. The summed E-state index contributed by atoms with van der Waals surface area (Å²) < 4.78 is 10.2. The first-order valence-electron chi connectivity index (χ1n) is 8.34. The van der Waals surface area contributed by atoms with E-state index in [1.807, 2.05) is 0 Å². The van der Waals surface area contributed by atoms with Crippen molar-refractivity contribution in [2.75, 3.05) is 14.2 Å². The van der Waals surface area contributed by atoms with Crippen LogP contribution in [0.2, 0.25) is 5.02 Å². The summed E-state index contributed by atoms with van der Waals surface area (Å²) in [5.41, 5.74) is 2.45. The van der Waals surface area contributed by atoms with Crippen molar-refractivity contribution in [1.82, 2.24) is 0 Å². The summed E-state index contributed by atoms with van der Waals surface area (Å²) in [6, 6.07) is 3.16. The van der Waals surface area contributed by atoms with Crippen LogP contribution in [0.5, 0.6) is 11.5 Å². The zero-order valence-electron chi connectivity index (χ0n) is 14.8. The number of aliphatic imine (C=N–C) groups is 1. The Labute approximate surface area is 156 Å². The molecule has 0 saturated heterocycles. The molecular weight excluding hydrogens is 358 g/mol. The highest BCUT2D eigenvalue weighted by Crippen LogP contribution is 2.46. The number of Topliss-reactive ketones (excluding diaryl/α,β-unsaturated/α-hetero) is 1. The Balaban J connectivity index is 2.24. The molecule has 1 aliphatic heterocycles. The molecule has 0 saturated carbocycles. The van der Waals surface area contributed by atoms with Crippen molar-refractivity contribution in [3.8, 4) is 11.5 Å². The van der Waals surface area contributed by atoms with Gasteiger partial charge in [0.05, 0.1) is 19.2 Å². The summed E-state index contributed by atoms with van der Waals surface area (Å²) in [7, 11) is 2.72. The molecule has 1 N–H and O–H groups in total. The summed E-state index contributed by atoms with van der Waals surface area (Å²) >= 11 is 6.15. The first kappa shape index (κ1) is 18.5. The second kappa shape index (κ2) is 7.11. The molecule has 0 amide bonds. The van der Waals surface area contributed by atoms with Gasteiger partial charge in [-0.3, -0.25) is 14.6 Å². The number of hydrogen-bond donors (Lipinski definition) is 1. The number of phenolic OH excluding ortho intramolecular Hbond substituents is 1. The van der Waals surface area contributed by atoms with Gasteiger partial charge in [0.1, 0.15) is 5.92 Å². The van der Waals surface area contributed by atoms with Crippen molar-refractivity contribution in [3.05, 3.63) is 34.0 Å². The van der Waals surface area contributed by atoms with Crippen LogP contribution in [0.3, 0.4) is 0 Å². The molecule has 6 nitrogen and oxygen atoms in total. The fourth-order valence-electron chi connectivity index (χ4n) is 3.73. The normalized spacial score (nSPS) is 22.6. The Morgan fingerprint density at radius 3 is 2.69 bits per heavy atom. The summed E-state index contributed by atoms with van der Waals surface area (Å²) in [5.74, 6) is -1.80. The highest BCUT2D eigenvalue weighted by atomic mass is 35.5. The van der Waals surface area contributed by atoms with Crippen molar-refractivity contribution in [1.29, 1.82) is 0 Å². The van der Waals surface area contributed by atoms with Crippen LogP contribution in [0, 0.1) is 5.92 Å². The van der Waals surface area contributed by atoms with Crippen LogP contribution >= 0.6 is 11.6 Å². The number of carbonyl (C=O) groups excluding carboxylic acids is 2. The van der Waals surface area contributed by atoms with Gasteiger partial charge in [-0.2, -0.15) is 0 Å². The topological polar surface area (TPSA) is 85.2 Å². The van der Waals surface area contributed by atoms with E-state index in [0.29, 0.717) is 35.4 Å². The second-order valence-corrected chi connectivity index (χ2v) is 6.83. The molecule has 2 atom stereocenters. The smallest absolute Gasteiger partial charge is 0.315 e. The van der Waals surface area contributed by atoms with Crippen molar-refractivity contribution < 1.29 is 24.2 Å². The van der Waals surface area contributed by atoms with E-state index in [1.165, 1.54) is 14.2 Å². The molecule has 26 heavy (non-hydrogen) atoms. The molecule has 0 aromatic heterocycles. The molecule has 1 heterocycles. The Morgan fingerprint density at radius 1 is 1.31 bits per heavy atom. The van der Waals surface area contributed by atoms with Crippen LogP contribution in [0.25, 0.3) is 0 Å². The van der Waals surface area contributed by atoms with Gasteiger partial charge in [-0.05, 0) is 37.5 Å². The third-order valence-corrected chi connectivity index (χ3v) is 5.21. The molecule has 3 rings (SSSR count). The largest absolute Gasteiger partial charge is 0.503 e. The van der Waals surface area contributed by atoms with E-state index < -0.39 is 17.8 Å². The van der Waals surface area contributed by atoms with Crippen molar-refractivity contribution in [2.45, 2.75) is 32.1 Å². The fraction of sp³-hybridized carbons (Fsp3) is 0.421. The zero-order valence-corrected chi connectivity index (χ0v) is 15.6. The van der Waals surface area contributed by atoms with Crippen molar-refractivity contribution >= 4 is 29.1 Å². The highest BCUT2D eigenvalue weighted by molar-refractivity contribution is 6.32. The van der Waals surface area contributed by atoms with E-state index in [-0.39, 0.29) is 22.3 Å². The Morgan fingerprint density at radius 2 is 2.04 bits per heavy atom. The predicted molar refractivity (Wildman–Crippen MR) is 96.9 cm³/mol. The minimum Gasteiger partial charge on any atom is -0.503 e. The Hall–Kier alpha value is -2.34. The number of carbonyl (C=O) groups is 2. The average molecular weight is 378 g/mol. The van der Waals surface area contributed by atoms with Gasteiger partial charge in [0.2, 0.25) is 0 Å². The third kappa shape index (κ3) is 2.98. The first-order chi connectivity index (χ1) is 12.4. The zero-order chi connectivity index (χ0) is 19.0. The molecule has 0 spiro atoms. The lowest BCUT2D eigenvalue weighted by molar-refractivity contribution is -0.143. The highest BCUT2D eigenvalue weighted by Gasteiger charge is 2.43. The van der Waals surface area contributed by atoms with Crippen LogP contribution in [0.4, 0.5) is 0 Å². The summed E-state index contributed by atoms with van der Waals surface area (Å²) in [6.45, 7) is 1.76. The van der Waals surface area contributed by atoms with Gasteiger partial charge < -0.3 is 14.6 Å². The number of rotatable bonds is 3. The number of ketones is 1. The van der Waals surface area contributed by atoms with Gasteiger partial charge in [0.25, 0.3) is 0 Å². The quantitative estimate of drug-likeness (QED) is 0.816. The van der Waals surface area contributed by atoms with Crippen molar-refractivity contribution in [2.24, 2.45) is 10.9 Å². The standard InChI is InChI=1S/C19H20ClNO5/c1-9-15(19(24)26-3)16(17-12(21-9)5-4-6-13(17)22)10-7-11(20)18(23)14(8-10)25-2/h7-8,15-16,23H,4-6H2,1-3H3/t15?,16-/m1/s1. The van der Waals surface area contributed by atoms with E-state index in [4.69, 9.17) is 21.1 Å². The molecule has 0 radical (unpaired) electrons. The molecule has 1 aromatic rings. The number of aromatic hydroxyl groups is 1. The third-order valence-electron chi connectivity index (χ3n) is 4.92. The molecule has 2 aliphatic rings. The lowest BCUT2D eigenvalue weighted by Crippen LogP contribution is -2.36. The van der Waals surface area contributed by atoms with Gasteiger partial charge in [-0.25, -0.2) is 0 Å². The first-order valence-corrected chi connectivity index (χ1v) is 8.72. The van der Waals surface area contributed by atoms with Gasteiger partial charge >= 0.3 is 5.97 Å². The number of methoxy groups -OCH3 is 2. The number of benzene rings is 1. The maximum absolute atomic E-state index is 12.7. The van der Waals surface area contributed by atoms with Crippen LogP contribution in [0.15, 0.2) is 28.4 Å². The molecule has 1 aliphatic carbocycles. The van der Waals surface area contributed by atoms with Crippen LogP contribution in [-0.4, -0.2) is 36.8 Å². The van der Waals surface area contributed by atoms with Gasteiger partial charge in [0.15, 0.2) is 17.3 Å². The molecule has 0 bridgehead atoms. The van der Waals surface area contributed by atoms with Gasteiger partial charge in [-0.1, -0.05) is 11.6 Å². The van der Waals surface area contributed by atoms with E-state index in [1.54, 1.807) is 19.1 Å². The molecule has 138 valence electrons. The van der Waals surface area contributed by atoms with Crippen LogP contribution in [0.1, 0.15) is 37.7 Å². The lowest BCUT2D eigenvalue weighted by atomic mass is 9.71. The number of halogens is 1. The number of allylic oxidation sites excluding steroid dienone is 2. The SMILES string of the molecule is COC(=O)C1C(C)=NC2=C(C(=O)CCC2)[C@@H]1c1cc(Cl)c(O)c(OC)c1. The minimum absolute atomic E-state index is 0.0235. The molecule has 1 unspecified atom stereocenters. The van der Waals surface area contributed by atoms with E-state index in [0.717, 1.165) is 6.42 Å². The monoisotopic (exact) mass is 377 g/mol. The number of esters is 1. The Kier molecular flexibility index (Phi) is 5.05. The molecule has 7 heteroatoms. The number of ether oxygens (including phenoxy) is 2. The maximum atomic E-state index is 12.7. The fourth-order valence-corrected chi connectivity index (χ4v) is 3.95. The van der Waals surface area contributed by atoms with E-state index in [9.17, 15) is 14.7 Å². The summed E-state index contributed by atoms with van der Waals surface area (Å²) in [4.78, 5) is 29.7. The number of phenols is 1. The average Bonchev–Trinajstić information content (AvgIpc) is 2.62. The lowest BCUT2D eigenvalue weighted by Gasteiger charge is -2.34. The van der Waals surface area contributed by atoms with E-state index >= 15 is 0 Å². The van der Waals surface area contributed by atoms with Gasteiger partial charge in [-0.15, -0.1) is 0 Å². The number of hydrogen-bond acceptors (Lipinski definition) is 6. The molecular formula is C19H20ClNO5. The summed E-state index contributed by atoms with van der Waals surface area (Å²) in [6.07, 6.45) is 1.84. The molecule has 0 fully saturated rings. The minimum atomic E-state index is -0.730. The second-order valence-electron chi connectivity index (χ2n) is 6.42. The van der Waals surface area contributed by atoms with Crippen LogP contribution in [-0.2, 0) is 14.3 Å².